The molecule has 1 saturated heterocycles. The number of methoxy groups -OCH3 is 2. The van der Waals surface area contributed by atoms with Gasteiger partial charge in [-0.2, -0.15) is 0 Å². The SMILES string of the molecule is COc1cc(C2OCC(N)CO2)c(OC)cc1C. The highest BCUT2D eigenvalue weighted by Gasteiger charge is 2.25. The number of hydrogen-bond donors (Lipinski definition) is 1. The van der Waals surface area contributed by atoms with Crippen molar-refractivity contribution in [2.45, 2.75) is 19.3 Å². The Labute approximate surface area is 107 Å². The Kier molecular flexibility index (Phi) is 4.06. The molecular formula is C13H19NO4. The first kappa shape index (κ1) is 13.1. The zero-order valence-corrected chi connectivity index (χ0v) is 10.9. The number of hydrogen-bond acceptors (Lipinski definition) is 5. The van der Waals surface area contributed by atoms with Gasteiger partial charge in [0.15, 0.2) is 6.29 Å². The van der Waals surface area contributed by atoms with Crippen molar-refractivity contribution in [2.24, 2.45) is 5.73 Å². The van der Waals surface area contributed by atoms with Crippen molar-refractivity contribution in [1.29, 1.82) is 0 Å². The molecule has 0 unspecified atom stereocenters. The third kappa shape index (κ3) is 2.58. The molecule has 0 bridgehead atoms. The fourth-order valence-corrected chi connectivity index (χ4v) is 1.96. The Balaban J connectivity index is 2.30. The van der Waals surface area contributed by atoms with E-state index in [9.17, 15) is 0 Å². The van der Waals surface area contributed by atoms with Crippen LogP contribution in [-0.2, 0) is 9.47 Å². The minimum Gasteiger partial charge on any atom is -0.496 e. The van der Waals surface area contributed by atoms with E-state index in [4.69, 9.17) is 24.7 Å². The molecule has 100 valence electrons. The fourth-order valence-electron chi connectivity index (χ4n) is 1.96. The van der Waals surface area contributed by atoms with E-state index in [0.29, 0.717) is 13.2 Å². The van der Waals surface area contributed by atoms with Gasteiger partial charge in [-0.25, -0.2) is 0 Å². The summed E-state index contributed by atoms with van der Waals surface area (Å²) in [5.74, 6) is 1.52. The third-order valence-corrected chi connectivity index (χ3v) is 2.92. The number of aryl methyl sites for hydroxylation is 1. The van der Waals surface area contributed by atoms with Crippen molar-refractivity contribution < 1.29 is 18.9 Å². The summed E-state index contributed by atoms with van der Waals surface area (Å²) in [6.07, 6.45) is -0.450. The van der Waals surface area contributed by atoms with Crippen LogP contribution in [0.5, 0.6) is 11.5 Å². The van der Waals surface area contributed by atoms with Crippen molar-refractivity contribution in [3.63, 3.8) is 0 Å². The second-order valence-corrected chi connectivity index (χ2v) is 4.32. The van der Waals surface area contributed by atoms with Crippen LogP contribution in [0, 0.1) is 6.92 Å². The van der Waals surface area contributed by atoms with Gasteiger partial charge in [-0.1, -0.05) is 0 Å². The Morgan fingerprint density at radius 3 is 2.28 bits per heavy atom. The van der Waals surface area contributed by atoms with Gasteiger partial charge >= 0.3 is 0 Å². The number of nitrogens with two attached hydrogens (primary N) is 1. The molecular weight excluding hydrogens is 234 g/mol. The predicted molar refractivity (Wildman–Crippen MR) is 66.9 cm³/mol. The minimum atomic E-state index is -0.450. The molecule has 0 saturated carbocycles. The first-order valence-electron chi connectivity index (χ1n) is 5.87. The van der Waals surface area contributed by atoms with Crippen molar-refractivity contribution in [1.82, 2.24) is 0 Å². The molecule has 0 amide bonds. The Bertz CT molecular complexity index is 414. The van der Waals surface area contributed by atoms with Gasteiger partial charge in [0.1, 0.15) is 11.5 Å². The molecule has 5 nitrogen and oxygen atoms in total. The van der Waals surface area contributed by atoms with Gasteiger partial charge in [0.25, 0.3) is 0 Å². The summed E-state index contributed by atoms with van der Waals surface area (Å²) >= 11 is 0. The van der Waals surface area contributed by atoms with Crippen LogP contribution in [0.3, 0.4) is 0 Å². The maximum absolute atomic E-state index is 5.72. The van der Waals surface area contributed by atoms with E-state index in [1.165, 1.54) is 0 Å². The van der Waals surface area contributed by atoms with Crippen LogP contribution < -0.4 is 15.2 Å². The van der Waals surface area contributed by atoms with Crippen LogP contribution in [0.2, 0.25) is 0 Å². The van der Waals surface area contributed by atoms with Gasteiger partial charge < -0.3 is 24.7 Å². The van der Waals surface area contributed by atoms with E-state index in [-0.39, 0.29) is 6.04 Å². The predicted octanol–water partition coefficient (Wildman–Crippen LogP) is 1.38. The summed E-state index contributed by atoms with van der Waals surface area (Å²) in [5, 5.41) is 0. The molecule has 0 spiro atoms. The highest BCUT2D eigenvalue weighted by atomic mass is 16.7. The van der Waals surface area contributed by atoms with Crippen LogP contribution in [0.4, 0.5) is 0 Å². The molecule has 0 aliphatic carbocycles. The van der Waals surface area contributed by atoms with E-state index < -0.39 is 6.29 Å². The van der Waals surface area contributed by atoms with Gasteiger partial charge in [-0.15, -0.1) is 0 Å². The fraction of sp³-hybridized carbons (Fsp3) is 0.538. The average molecular weight is 253 g/mol. The molecule has 2 N–H and O–H groups in total. The highest BCUT2D eigenvalue weighted by Crippen LogP contribution is 2.35. The van der Waals surface area contributed by atoms with Crippen LogP contribution in [0.15, 0.2) is 12.1 Å². The van der Waals surface area contributed by atoms with Crippen LogP contribution >= 0.6 is 0 Å². The highest BCUT2D eigenvalue weighted by molar-refractivity contribution is 5.46. The van der Waals surface area contributed by atoms with Gasteiger partial charge in [0.2, 0.25) is 0 Å². The largest absolute Gasteiger partial charge is 0.496 e. The lowest BCUT2D eigenvalue weighted by Crippen LogP contribution is -2.38. The molecule has 1 fully saturated rings. The van der Waals surface area contributed by atoms with Crippen molar-refractivity contribution >= 4 is 0 Å². The molecule has 0 aromatic heterocycles. The molecule has 0 radical (unpaired) electrons. The molecule has 1 aliphatic rings. The maximum Gasteiger partial charge on any atom is 0.187 e. The maximum atomic E-state index is 5.72. The molecule has 1 heterocycles. The third-order valence-electron chi connectivity index (χ3n) is 2.92. The van der Waals surface area contributed by atoms with Crippen LogP contribution in [0.25, 0.3) is 0 Å². The number of benzene rings is 1. The average Bonchev–Trinajstić information content (AvgIpc) is 2.39. The second kappa shape index (κ2) is 5.56. The lowest BCUT2D eigenvalue weighted by molar-refractivity contribution is -0.190. The molecule has 5 heteroatoms. The van der Waals surface area contributed by atoms with Crippen LogP contribution in [-0.4, -0.2) is 33.5 Å². The number of rotatable bonds is 3. The minimum absolute atomic E-state index is 0.0698. The van der Waals surface area contributed by atoms with E-state index in [2.05, 4.69) is 0 Å². The molecule has 1 aromatic carbocycles. The monoisotopic (exact) mass is 253 g/mol. The molecule has 1 aliphatic heterocycles. The van der Waals surface area contributed by atoms with Crippen molar-refractivity contribution in [3.05, 3.63) is 23.3 Å². The summed E-state index contributed by atoms with van der Waals surface area (Å²) < 4.78 is 21.8. The molecule has 1 aromatic rings. The Morgan fingerprint density at radius 2 is 1.72 bits per heavy atom. The van der Waals surface area contributed by atoms with E-state index >= 15 is 0 Å². The second-order valence-electron chi connectivity index (χ2n) is 4.32. The van der Waals surface area contributed by atoms with Gasteiger partial charge in [0.05, 0.1) is 39.0 Å². The van der Waals surface area contributed by atoms with Crippen LogP contribution in [0.1, 0.15) is 17.4 Å². The van der Waals surface area contributed by atoms with E-state index in [1.54, 1.807) is 14.2 Å². The Morgan fingerprint density at radius 1 is 1.11 bits per heavy atom. The lowest BCUT2D eigenvalue weighted by Gasteiger charge is -2.28. The molecule has 0 atom stereocenters. The van der Waals surface area contributed by atoms with Gasteiger partial charge in [-0.3, -0.25) is 0 Å². The number of ether oxygens (including phenoxy) is 4. The zero-order valence-electron chi connectivity index (χ0n) is 10.9. The Hall–Kier alpha value is -1.30. The van der Waals surface area contributed by atoms with Crippen molar-refractivity contribution in [2.75, 3.05) is 27.4 Å². The van der Waals surface area contributed by atoms with Gasteiger partial charge in [0, 0.05) is 0 Å². The van der Waals surface area contributed by atoms with E-state index in [0.717, 1.165) is 22.6 Å². The van der Waals surface area contributed by atoms with Gasteiger partial charge in [-0.05, 0) is 24.6 Å². The standard InChI is InChI=1S/C13H19NO4/c1-8-4-12(16-3)10(5-11(8)15-2)13-17-6-9(14)7-18-13/h4-5,9,13H,6-7,14H2,1-3H3. The quantitative estimate of drug-likeness (QED) is 0.881. The zero-order chi connectivity index (χ0) is 13.1. The smallest absolute Gasteiger partial charge is 0.187 e. The molecule has 2 rings (SSSR count). The first-order chi connectivity index (χ1) is 8.65. The normalized spacial score (nSPS) is 23.8. The molecule has 18 heavy (non-hydrogen) atoms. The summed E-state index contributed by atoms with van der Waals surface area (Å²) in [7, 11) is 3.26. The topological polar surface area (TPSA) is 62.9 Å². The van der Waals surface area contributed by atoms with Crippen molar-refractivity contribution in [3.8, 4) is 11.5 Å². The summed E-state index contributed by atoms with van der Waals surface area (Å²) in [6.45, 7) is 2.91. The summed E-state index contributed by atoms with van der Waals surface area (Å²) in [5.41, 5.74) is 7.55. The van der Waals surface area contributed by atoms with E-state index in [1.807, 2.05) is 19.1 Å². The summed E-state index contributed by atoms with van der Waals surface area (Å²) in [6, 6.07) is 3.73. The summed E-state index contributed by atoms with van der Waals surface area (Å²) in [4.78, 5) is 0. The lowest BCUT2D eigenvalue weighted by atomic mass is 10.1. The first-order valence-corrected chi connectivity index (χ1v) is 5.87.